The van der Waals surface area contributed by atoms with Crippen LogP contribution in [-0.4, -0.2) is 43.4 Å². The number of amides is 2. The molecule has 1 aromatic rings. The van der Waals surface area contributed by atoms with E-state index in [1.54, 1.807) is 6.21 Å². The fourth-order valence-corrected chi connectivity index (χ4v) is 1.96. The van der Waals surface area contributed by atoms with E-state index in [9.17, 15) is 4.79 Å². The zero-order chi connectivity index (χ0) is 13.5. The Morgan fingerprint density at radius 3 is 3.00 bits per heavy atom. The van der Waals surface area contributed by atoms with Crippen LogP contribution in [0, 0.1) is 0 Å². The van der Waals surface area contributed by atoms with Crippen molar-refractivity contribution >= 4 is 12.2 Å². The van der Waals surface area contributed by atoms with E-state index in [4.69, 9.17) is 10.5 Å². The van der Waals surface area contributed by atoms with E-state index in [2.05, 4.69) is 21.5 Å². The first-order chi connectivity index (χ1) is 9.24. The van der Waals surface area contributed by atoms with Crippen LogP contribution in [-0.2, 0) is 11.3 Å². The summed E-state index contributed by atoms with van der Waals surface area (Å²) in [6.07, 6.45) is 1.58. The molecule has 0 bridgehead atoms. The topological polar surface area (TPSA) is 80.0 Å². The van der Waals surface area contributed by atoms with Crippen LogP contribution in [0.4, 0.5) is 4.79 Å². The molecule has 0 radical (unpaired) electrons. The van der Waals surface area contributed by atoms with Crippen molar-refractivity contribution in [3.8, 4) is 0 Å². The van der Waals surface area contributed by atoms with Crippen molar-refractivity contribution < 1.29 is 9.53 Å². The second kappa shape index (κ2) is 6.86. The predicted molar refractivity (Wildman–Crippen MR) is 72.9 cm³/mol. The number of urea groups is 1. The molecule has 6 heteroatoms. The van der Waals surface area contributed by atoms with Crippen molar-refractivity contribution in [3.63, 3.8) is 0 Å². The molecule has 102 valence electrons. The fraction of sp³-hybridized carbons (Fsp3) is 0.385. The highest BCUT2D eigenvalue weighted by Gasteiger charge is 2.10. The van der Waals surface area contributed by atoms with Gasteiger partial charge in [-0.15, -0.1) is 0 Å². The average molecular weight is 262 g/mol. The first-order valence-corrected chi connectivity index (χ1v) is 6.21. The van der Waals surface area contributed by atoms with E-state index in [0.717, 1.165) is 38.4 Å². The van der Waals surface area contributed by atoms with Crippen molar-refractivity contribution in [2.75, 3.05) is 26.3 Å². The number of primary amides is 1. The predicted octanol–water partition coefficient (Wildman–Crippen LogP) is 0.521. The lowest BCUT2D eigenvalue weighted by Gasteiger charge is -2.26. The molecule has 1 heterocycles. The molecule has 1 saturated heterocycles. The maximum absolute atomic E-state index is 10.5. The van der Waals surface area contributed by atoms with Crippen molar-refractivity contribution in [2.45, 2.75) is 6.54 Å². The minimum atomic E-state index is -0.666. The normalized spacial score (nSPS) is 16.6. The van der Waals surface area contributed by atoms with Gasteiger partial charge < -0.3 is 10.5 Å². The Labute approximate surface area is 112 Å². The van der Waals surface area contributed by atoms with Crippen LogP contribution in [0.3, 0.4) is 0 Å². The van der Waals surface area contributed by atoms with E-state index in [-0.39, 0.29) is 0 Å². The van der Waals surface area contributed by atoms with Crippen molar-refractivity contribution in [3.05, 3.63) is 35.4 Å². The minimum Gasteiger partial charge on any atom is -0.379 e. The summed E-state index contributed by atoms with van der Waals surface area (Å²) in [7, 11) is 0. The van der Waals surface area contributed by atoms with Crippen LogP contribution in [0.1, 0.15) is 11.1 Å². The summed E-state index contributed by atoms with van der Waals surface area (Å²) >= 11 is 0. The largest absolute Gasteiger partial charge is 0.379 e. The smallest absolute Gasteiger partial charge is 0.332 e. The van der Waals surface area contributed by atoms with Gasteiger partial charge in [-0.1, -0.05) is 18.2 Å². The maximum atomic E-state index is 10.5. The van der Waals surface area contributed by atoms with Gasteiger partial charge in [-0.25, -0.2) is 10.2 Å². The highest BCUT2D eigenvalue weighted by molar-refractivity contribution is 5.81. The second-order valence-electron chi connectivity index (χ2n) is 4.37. The van der Waals surface area contributed by atoms with Gasteiger partial charge in [-0.2, -0.15) is 5.10 Å². The van der Waals surface area contributed by atoms with Gasteiger partial charge in [-0.05, 0) is 17.2 Å². The molecule has 0 atom stereocenters. The molecule has 0 aliphatic carbocycles. The molecule has 6 nitrogen and oxygen atoms in total. The SMILES string of the molecule is NC(=O)NN=Cc1cccc(CN2CCOCC2)c1. The first kappa shape index (κ1) is 13.5. The third-order valence-corrected chi connectivity index (χ3v) is 2.85. The summed E-state index contributed by atoms with van der Waals surface area (Å²) < 4.78 is 5.32. The van der Waals surface area contributed by atoms with Gasteiger partial charge >= 0.3 is 6.03 Å². The molecule has 0 unspecified atom stereocenters. The molecule has 1 aliphatic heterocycles. The molecular weight excluding hydrogens is 244 g/mol. The lowest BCUT2D eigenvalue weighted by Crippen LogP contribution is -2.35. The summed E-state index contributed by atoms with van der Waals surface area (Å²) in [5.41, 5.74) is 9.25. The Morgan fingerprint density at radius 2 is 2.26 bits per heavy atom. The van der Waals surface area contributed by atoms with Crippen LogP contribution >= 0.6 is 0 Å². The highest BCUT2D eigenvalue weighted by Crippen LogP contribution is 2.08. The number of rotatable bonds is 4. The molecule has 1 fully saturated rings. The number of carbonyl (C=O) groups excluding carboxylic acids is 1. The van der Waals surface area contributed by atoms with E-state index >= 15 is 0 Å². The monoisotopic (exact) mass is 262 g/mol. The number of morpholine rings is 1. The van der Waals surface area contributed by atoms with Gasteiger partial charge in [0.05, 0.1) is 19.4 Å². The van der Waals surface area contributed by atoms with Crippen LogP contribution in [0.15, 0.2) is 29.4 Å². The van der Waals surface area contributed by atoms with Crippen molar-refractivity contribution in [1.29, 1.82) is 0 Å². The van der Waals surface area contributed by atoms with Gasteiger partial charge in [0.2, 0.25) is 0 Å². The fourth-order valence-electron chi connectivity index (χ4n) is 1.96. The molecule has 2 rings (SSSR count). The number of nitrogens with zero attached hydrogens (tertiary/aromatic N) is 2. The first-order valence-electron chi connectivity index (χ1n) is 6.21. The van der Waals surface area contributed by atoms with Gasteiger partial charge in [-0.3, -0.25) is 4.90 Å². The molecule has 1 aromatic carbocycles. The number of ether oxygens (including phenoxy) is 1. The molecule has 0 aromatic heterocycles. The lowest BCUT2D eigenvalue weighted by molar-refractivity contribution is 0.0342. The van der Waals surface area contributed by atoms with Crippen LogP contribution < -0.4 is 11.2 Å². The Bertz CT molecular complexity index is 456. The van der Waals surface area contributed by atoms with Crippen molar-refractivity contribution in [1.82, 2.24) is 10.3 Å². The van der Waals surface area contributed by atoms with Crippen LogP contribution in [0.2, 0.25) is 0 Å². The molecule has 2 amide bonds. The van der Waals surface area contributed by atoms with Crippen molar-refractivity contribution in [2.24, 2.45) is 10.8 Å². The molecule has 3 N–H and O–H groups in total. The number of nitrogens with two attached hydrogens (primary N) is 1. The number of hydrogen-bond donors (Lipinski definition) is 2. The van der Waals surface area contributed by atoms with Crippen LogP contribution in [0.5, 0.6) is 0 Å². The highest BCUT2D eigenvalue weighted by atomic mass is 16.5. The molecule has 19 heavy (non-hydrogen) atoms. The number of carbonyl (C=O) groups is 1. The van der Waals surface area contributed by atoms with Gasteiger partial charge in [0.1, 0.15) is 0 Å². The Kier molecular flexibility index (Phi) is 4.88. The number of benzene rings is 1. The summed E-state index contributed by atoms with van der Waals surface area (Å²) in [6.45, 7) is 4.41. The van der Waals surface area contributed by atoms with Gasteiger partial charge in [0, 0.05) is 19.6 Å². The third kappa shape index (κ3) is 4.69. The molecular formula is C13H18N4O2. The van der Waals surface area contributed by atoms with E-state index in [1.807, 2.05) is 18.2 Å². The van der Waals surface area contributed by atoms with Crippen LogP contribution in [0.25, 0.3) is 0 Å². The molecule has 1 aliphatic rings. The summed E-state index contributed by atoms with van der Waals surface area (Å²) in [4.78, 5) is 12.8. The average Bonchev–Trinajstić information content (AvgIpc) is 2.40. The Hall–Kier alpha value is -1.92. The zero-order valence-electron chi connectivity index (χ0n) is 10.7. The maximum Gasteiger partial charge on any atom is 0.332 e. The molecule has 0 saturated carbocycles. The summed E-state index contributed by atoms with van der Waals surface area (Å²) in [5.74, 6) is 0. The lowest BCUT2D eigenvalue weighted by atomic mass is 10.1. The van der Waals surface area contributed by atoms with Gasteiger partial charge in [0.25, 0.3) is 0 Å². The quantitative estimate of drug-likeness (QED) is 0.613. The zero-order valence-corrected chi connectivity index (χ0v) is 10.7. The number of hydrogen-bond acceptors (Lipinski definition) is 4. The third-order valence-electron chi connectivity index (χ3n) is 2.85. The van der Waals surface area contributed by atoms with Gasteiger partial charge in [0.15, 0.2) is 0 Å². The number of hydrazone groups is 1. The number of nitrogens with one attached hydrogen (secondary N) is 1. The summed E-state index contributed by atoms with van der Waals surface area (Å²) in [6, 6.07) is 7.35. The minimum absolute atomic E-state index is 0.666. The Morgan fingerprint density at radius 1 is 1.47 bits per heavy atom. The van der Waals surface area contributed by atoms with E-state index in [1.165, 1.54) is 5.56 Å². The Balaban J connectivity index is 1.94. The molecule has 0 spiro atoms. The van der Waals surface area contributed by atoms with E-state index < -0.39 is 6.03 Å². The summed E-state index contributed by atoms with van der Waals surface area (Å²) in [5, 5.41) is 3.75. The standard InChI is InChI=1S/C13H18N4O2/c14-13(18)16-15-9-11-2-1-3-12(8-11)10-17-4-6-19-7-5-17/h1-3,8-9H,4-7,10H2,(H3,14,16,18). The second-order valence-corrected chi connectivity index (χ2v) is 4.37. The van der Waals surface area contributed by atoms with E-state index in [0.29, 0.717) is 0 Å².